The molecule has 5 nitrogen and oxygen atoms in total. The molecular weight excluding hydrogens is 282 g/mol. The maximum Gasteiger partial charge on any atom is 0.408 e. The van der Waals surface area contributed by atoms with Crippen LogP contribution in [0.5, 0.6) is 0 Å². The van der Waals surface area contributed by atoms with Crippen LogP contribution < -0.4 is 5.32 Å². The first-order valence-corrected chi connectivity index (χ1v) is 8.25. The third-order valence-corrected chi connectivity index (χ3v) is 3.30. The van der Waals surface area contributed by atoms with Gasteiger partial charge in [0.05, 0.1) is 6.61 Å². The van der Waals surface area contributed by atoms with E-state index in [0.717, 1.165) is 12.8 Å². The summed E-state index contributed by atoms with van der Waals surface area (Å²) < 4.78 is 10.6. The molecule has 0 aliphatic heterocycles. The van der Waals surface area contributed by atoms with E-state index < -0.39 is 17.7 Å². The van der Waals surface area contributed by atoms with Gasteiger partial charge in [-0.3, -0.25) is 0 Å². The molecule has 0 unspecified atom stereocenters. The van der Waals surface area contributed by atoms with Gasteiger partial charge in [0.2, 0.25) is 0 Å². The monoisotopic (exact) mass is 315 g/mol. The molecule has 0 rings (SSSR count). The summed E-state index contributed by atoms with van der Waals surface area (Å²) in [5.74, 6) is 0.247. The molecule has 0 aliphatic rings. The molecule has 0 aliphatic carbocycles. The lowest BCUT2D eigenvalue weighted by Crippen LogP contribution is -2.45. The van der Waals surface area contributed by atoms with Crippen LogP contribution in [-0.4, -0.2) is 30.3 Å². The van der Waals surface area contributed by atoms with Gasteiger partial charge in [-0.2, -0.15) is 0 Å². The Morgan fingerprint density at radius 1 is 1.09 bits per heavy atom. The first-order valence-electron chi connectivity index (χ1n) is 8.25. The van der Waals surface area contributed by atoms with E-state index in [1.165, 1.54) is 0 Å². The maximum absolute atomic E-state index is 12.2. The van der Waals surface area contributed by atoms with E-state index in [0.29, 0.717) is 18.9 Å². The van der Waals surface area contributed by atoms with Gasteiger partial charge in [-0.1, -0.05) is 40.5 Å². The molecule has 0 aromatic heterocycles. The molecule has 22 heavy (non-hydrogen) atoms. The molecule has 1 amide bonds. The van der Waals surface area contributed by atoms with Crippen LogP contribution in [-0.2, 0) is 14.3 Å². The summed E-state index contributed by atoms with van der Waals surface area (Å²) >= 11 is 0. The van der Waals surface area contributed by atoms with Gasteiger partial charge in [-0.15, -0.1) is 0 Å². The van der Waals surface area contributed by atoms with Crippen molar-refractivity contribution in [2.75, 3.05) is 6.61 Å². The predicted molar refractivity (Wildman–Crippen MR) is 87.6 cm³/mol. The van der Waals surface area contributed by atoms with Crippen molar-refractivity contribution in [3.05, 3.63) is 0 Å². The second kappa shape index (κ2) is 9.70. The lowest BCUT2D eigenvalue weighted by molar-refractivity contribution is -0.148. The average molecular weight is 315 g/mol. The summed E-state index contributed by atoms with van der Waals surface area (Å²) in [6.45, 7) is 13.9. The van der Waals surface area contributed by atoms with Crippen molar-refractivity contribution >= 4 is 12.1 Å². The fraction of sp³-hybridized carbons (Fsp3) is 0.882. The van der Waals surface area contributed by atoms with E-state index in [-0.39, 0.29) is 11.9 Å². The third kappa shape index (κ3) is 9.64. The van der Waals surface area contributed by atoms with Gasteiger partial charge in [0.15, 0.2) is 0 Å². The van der Waals surface area contributed by atoms with Crippen LogP contribution in [0.4, 0.5) is 4.79 Å². The minimum absolute atomic E-state index is 0.264. The molecule has 0 radical (unpaired) electrons. The number of hydrogen-bond acceptors (Lipinski definition) is 4. The molecular formula is C17H33NO4. The average Bonchev–Trinajstić information content (AvgIpc) is 2.36. The first kappa shape index (κ1) is 20.7. The molecule has 0 bridgehead atoms. The van der Waals surface area contributed by atoms with Crippen LogP contribution in [0.15, 0.2) is 0 Å². The highest BCUT2D eigenvalue weighted by atomic mass is 16.6. The Labute approximate surface area is 135 Å². The SMILES string of the molecule is CCC(CC)COC(=O)[C@H](CC(C)C)NC(=O)OC(C)(C)C. The van der Waals surface area contributed by atoms with Crippen molar-refractivity contribution in [2.24, 2.45) is 11.8 Å². The number of rotatable bonds is 8. The number of alkyl carbamates (subject to hydrolysis) is 1. The van der Waals surface area contributed by atoms with Gasteiger partial charge in [0.25, 0.3) is 0 Å². The van der Waals surface area contributed by atoms with Crippen LogP contribution in [0.3, 0.4) is 0 Å². The summed E-state index contributed by atoms with van der Waals surface area (Å²) in [5, 5.41) is 2.63. The maximum atomic E-state index is 12.2. The standard InChI is InChI=1S/C17H33NO4/c1-8-13(9-2)11-21-15(19)14(10-12(3)4)18-16(20)22-17(5,6)7/h12-14H,8-11H2,1-7H3,(H,18,20)/t14-/m0/s1. The summed E-state index contributed by atoms with van der Waals surface area (Å²) in [6, 6.07) is -0.663. The van der Waals surface area contributed by atoms with Gasteiger partial charge < -0.3 is 14.8 Å². The molecule has 1 N–H and O–H groups in total. The highest BCUT2D eigenvalue weighted by Crippen LogP contribution is 2.12. The zero-order valence-corrected chi connectivity index (χ0v) is 15.2. The lowest BCUT2D eigenvalue weighted by atomic mass is 10.0. The van der Waals surface area contributed by atoms with Gasteiger partial charge in [-0.05, 0) is 39.0 Å². The zero-order chi connectivity index (χ0) is 17.3. The molecule has 1 atom stereocenters. The van der Waals surface area contributed by atoms with Gasteiger partial charge in [0, 0.05) is 0 Å². The minimum atomic E-state index is -0.663. The molecule has 0 saturated heterocycles. The van der Waals surface area contributed by atoms with Crippen LogP contribution >= 0.6 is 0 Å². The minimum Gasteiger partial charge on any atom is -0.464 e. The Hall–Kier alpha value is -1.26. The van der Waals surface area contributed by atoms with Crippen molar-refractivity contribution in [3.63, 3.8) is 0 Å². The van der Waals surface area contributed by atoms with Crippen LogP contribution in [0.1, 0.15) is 67.7 Å². The molecule has 130 valence electrons. The molecule has 0 spiro atoms. The molecule has 5 heteroatoms. The zero-order valence-electron chi connectivity index (χ0n) is 15.2. The van der Waals surface area contributed by atoms with Crippen molar-refractivity contribution < 1.29 is 19.1 Å². The largest absolute Gasteiger partial charge is 0.464 e. The summed E-state index contributed by atoms with van der Waals surface area (Å²) in [5.41, 5.74) is -0.591. The quantitative estimate of drug-likeness (QED) is 0.690. The Morgan fingerprint density at radius 2 is 1.64 bits per heavy atom. The van der Waals surface area contributed by atoms with E-state index in [2.05, 4.69) is 19.2 Å². The van der Waals surface area contributed by atoms with E-state index in [1.54, 1.807) is 20.8 Å². The Kier molecular flexibility index (Phi) is 9.14. The Bertz CT molecular complexity index is 343. The van der Waals surface area contributed by atoms with E-state index >= 15 is 0 Å². The predicted octanol–water partition coefficient (Wildman–Crippen LogP) is 3.91. The van der Waals surface area contributed by atoms with Crippen molar-refractivity contribution in [2.45, 2.75) is 79.4 Å². The van der Waals surface area contributed by atoms with Crippen molar-refractivity contribution in [1.82, 2.24) is 5.32 Å². The number of carbonyl (C=O) groups is 2. The smallest absolute Gasteiger partial charge is 0.408 e. The van der Waals surface area contributed by atoms with Gasteiger partial charge >= 0.3 is 12.1 Å². The number of nitrogens with one attached hydrogen (secondary N) is 1. The fourth-order valence-corrected chi connectivity index (χ4v) is 1.96. The number of ether oxygens (including phenoxy) is 2. The molecule has 0 aromatic carbocycles. The number of amides is 1. The van der Waals surface area contributed by atoms with Gasteiger partial charge in [0.1, 0.15) is 11.6 Å². The summed E-state index contributed by atoms with van der Waals surface area (Å²) in [4.78, 5) is 24.1. The number of esters is 1. The fourth-order valence-electron chi connectivity index (χ4n) is 1.96. The van der Waals surface area contributed by atoms with E-state index in [4.69, 9.17) is 9.47 Å². The molecule has 0 heterocycles. The van der Waals surface area contributed by atoms with Crippen LogP contribution in [0, 0.1) is 11.8 Å². The second-order valence-corrected chi connectivity index (χ2v) is 7.14. The number of carbonyl (C=O) groups excluding carboxylic acids is 2. The number of hydrogen-bond donors (Lipinski definition) is 1. The molecule has 0 aromatic rings. The van der Waals surface area contributed by atoms with E-state index in [9.17, 15) is 9.59 Å². The Morgan fingerprint density at radius 3 is 2.05 bits per heavy atom. The summed E-state index contributed by atoms with van der Waals surface area (Å²) in [7, 11) is 0. The second-order valence-electron chi connectivity index (χ2n) is 7.14. The third-order valence-electron chi connectivity index (χ3n) is 3.30. The lowest BCUT2D eigenvalue weighted by Gasteiger charge is -2.24. The van der Waals surface area contributed by atoms with Crippen LogP contribution in [0.25, 0.3) is 0 Å². The van der Waals surface area contributed by atoms with Crippen molar-refractivity contribution in [1.29, 1.82) is 0 Å². The topological polar surface area (TPSA) is 64.6 Å². The summed E-state index contributed by atoms with van der Waals surface area (Å²) in [6.07, 6.45) is 1.88. The normalized spacial score (nSPS) is 13.1. The van der Waals surface area contributed by atoms with Gasteiger partial charge in [-0.25, -0.2) is 9.59 Å². The highest BCUT2D eigenvalue weighted by molar-refractivity contribution is 5.81. The Balaban J connectivity index is 4.61. The highest BCUT2D eigenvalue weighted by Gasteiger charge is 2.26. The van der Waals surface area contributed by atoms with Crippen LogP contribution in [0.2, 0.25) is 0 Å². The van der Waals surface area contributed by atoms with E-state index in [1.807, 2.05) is 13.8 Å². The first-order chi connectivity index (χ1) is 10.1. The molecule has 0 fully saturated rings. The van der Waals surface area contributed by atoms with Crippen molar-refractivity contribution in [3.8, 4) is 0 Å². The molecule has 0 saturated carbocycles.